The first-order valence-corrected chi connectivity index (χ1v) is 17.5. The van der Waals surface area contributed by atoms with Crippen molar-refractivity contribution >= 4 is 14.3 Å². The molecule has 0 aromatic carbocycles. The molecule has 4 fully saturated rings. The van der Waals surface area contributed by atoms with Gasteiger partial charge in [0.05, 0.1) is 12.7 Å². The lowest BCUT2D eigenvalue weighted by atomic mass is 9.44. The van der Waals surface area contributed by atoms with Crippen LogP contribution in [0.3, 0.4) is 0 Å². The summed E-state index contributed by atoms with van der Waals surface area (Å²) in [4.78, 5) is 11.4. The molecule has 4 nitrogen and oxygen atoms in total. The molecule has 4 aliphatic rings. The molecule has 0 unspecified atom stereocenters. The van der Waals surface area contributed by atoms with Gasteiger partial charge in [-0.2, -0.15) is 0 Å². The second-order valence-corrected chi connectivity index (χ2v) is 19.8. The van der Waals surface area contributed by atoms with Crippen molar-refractivity contribution in [2.75, 3.05) is 6.61 Å². The van der Waals surface area contributed by atoms with Crippen molar-refractivity contribution in [2.24, 2.45) is 46.3 Å². The van der Waals surface area contributed by atoms with Crippen LogP contribution in [0.25, 0.3) is 0 Å². The van der Waals surface area contributed by atoms with Gasteiger partial charge in [-0.25, -0.2) is 0 Å². The number of hydrogen-bond acceptors (Lipinski definition) is 4. The van der Waals surface area contributed by atoms with Crippen molar-refractivity contribution in [1.82, 2.24) is 0 Å². The van der Waals surface area contributed by atoms with E-state index < -0.39 is 8.32 Å². The average molecular weight is 507 g/mol. The number of rotatable bonds is 5. The molecular formula is C30H54O4Si. The smallest absolute Gasteiger partial charge is 0.302 e. The molecule has 0 heterocycles. The molecule has 5 heteroatoms. The summed E-state index contributed by atoms with van der Waals surface area (Å²) in [6.45, 7) is 21.1. The summed E-state index contributed by atoms with van der Waals surface area (Å²) in [5.74, 6) is 3.05. The number of aliphatic hydroxyl groups is 1. The molecule has 0 saturated heterocycles. The molecule has 10 atom stereocenters. The van der Waals surface area contributed by atoms with E-state index in [4.69, 9.17) is 9.16 Å². The van der Waals surface area contributed by atoms with Crippen molar-refractivity contribution in [3.05, 3.63) is 0 Å². The van der Waals surface area contributed by atoms with Crippen LogP contribution in [0.2, 0.25) is 18.1 Å². The van der Waals surface area contributed by atoms with E-state index in [9.17, 15) is 9.90 Å². The number of carbonyl (C=O) groups excluding carboxylic acids is 1. The summed E-state index contributed by atoms with van der Waals surface area (Å²) in [5, 5.41) is 11.7. The van der Waals surface area contributed by atoms with Gasteiger partial charge in [-0.3, -0.25) is 4.79 Å². The van der Waals surface area contributed by atoms with Crippen LogP contribution in [0.15, 0.2) is 0 Å². The molecule has 0 bridgehead atoms. The lowest BCUT2D eigenvalue weighted by molar-refractivity contribution is -0.148. The lowest BCUT2D eigenvalue weighted by Crippen LogP contribution is -2.56. The maximum atomic E-state index is 11.4. The Balaban J connectivity index is 1.48. The molecule has 4 saturated carbocycles. The molecule has 0 aromatic rings. The minimum absolute atomic E-state index is 0.159. The van der Waals surface area contributed by atoms with Gasteiger partial charge in [-0.05, 0) is 116 Å². The van der Waals surface area contributed by atoms with Gasteiger partial charge in [-0.15, -0.1) is 0 Å². The molecule has 35 heavy (non-hydrogen) atoms. The Morgan fingerprint density at radius 2 is 1.71 bits per heavy atom. The van der Waals surface area contributed by atoms with Crippen LogP contribution in [0.5, 0.6) is 0 Å². The first-order chi connectivity index (χ1) is 16.1. The van der Waals surface area contributed by atoms with Gasteiger partial charge in [0.2, 0.25) is 0 Å². The third kappa shape index (κ3) is 4.80. The van der Waals surface area contributed by atoms with Crippen LogP contribution in [-0.2, 0) is 14.0 Å². The summed E-state index contributed by atoms with van der Waals surface area (Å²) in [6, 6.07) is 0. The molecule has 0 aliphatic heterocycles. The number of esters is 1. The van der Waals surface area contributed by atoms with E-state index in [2.05, 4.69) is 54.6 Å². The van der Waals surface area contributed by atoms with Crippen LogP contribution in [0.1, 0.15) is 99.8 Å². The predicted octanol–water partition coefficient (Wildman–Crippen LogP) is 7.21. The lowest BCUT2D eigenvalue weighted by Gasteiger charge is -2.62. The van der Waals surface area contributed by atoms with Crippen LogP contribution in [-0.4, -0.2) is 38.2 Å². The number of ether oxygens (including phenoxy) is 1. The third-order valence-electron chi connectivity index (χ3n) is 12.2. The van der Waals surface area contributed by atoms with E-state index in [1.165, 1.54) is 51.9 Å². The first-order valence-electron chi connectivity index (χ1n) is 14.6. The van der Waals surface area contributed by atoms with Crippen molar-refractivity contribution in [1.29, 1.82) is 0 Å². The van der Waals surface area contributed by atoms with Crippen LogP contribution >= 0.6 is 0 Å². The van der Waals surface area contributed by atoms with Gasteiger partial charge in [-0.1, -0.05) is 41.5 Å². The summed E-state index contributed by atoms with van der Waals surface area (Å²) >= 11 is 0. The zero-order valence-electron chi connectivity index (χ0n) is 24.2. The highest BCUT2D eigenvalue weighted by Crippen LogP contribution is 2.68. The van der Waals surface area contributed by atoms with Crippen molar-refractivity contribution in [3.8, 4) is 0 Å². The fourth-order valence-corrected chi connectivity index (χ4v) is 10.7. The minimum atomic E-state index is -1.74. The van der Waals surface area contributed by atoms with Gasteiger partial charge < -0.3 is 14.3 Å². The van der Waals surface area contributed by atoms with Gasteiger partial charge in [0.1, 0.15) is 0 Å². The zero-order valence-corrected chi connectivity index (χ0v) is 25.2. The fraction of sp³-hybridized carbons (Fsp3) is 0.967. The number of carbonyl (C=O) groups is 1. The topological polar surface area (TPSA) is 55.8 Å². The van der Waals surface area contributed by atoms with Crippen molar-refractivity contribution in [3.63, 3.8) is 0 Å². The largest absolute Gasteiger partial charge is 0.466 e. The Bertz CT molecular complexity index is 790. The Kier molecular flexibility index (Phi) is 7.43. The monoisotopic (exact) mass is 506 g/mol. The summed E-state index contributed by atoms with van der Waals surface area (Å²) in [7, 11) is -1.74. The molecule has 0 spiro atoms. The Hall–Kier alpha value is -0.393. The first kappa shape index (κ1) is 27.6. The fourth-order valence-electron chi connectivity index (χ4n) is 9.28. The normalized spacial score (nSPS) is 44.7. The van der Waals surface area contributed by atoms with Gasteiger partial charge >= 0.3 is 5.97 Å². The minimum Gasteiger partial charge on any atom is -0.466 e. The number of hydrogen-bond donors (Lipinski definition) is 1. The third-order valence-corrected chi connectivity index (χ3v) is 16.7. The number of aliphatic hydroxyl groups excluding tert-OH is 1. The van der Waals surface area contributed by atoms with Crippen LogP contribution in [0, 0.1) is 46.3 Å². The van der Waals surface area contributed by atoms with E-state index >= 15 is 0 Å². The van der Waals surface area contributed by atoms with E-state index in [1.54, 1.807) is 0 Å². The molecule has 202 valence electrons. The Labute approximate surface area is 216 Å². The van der Waals surface area contributed by atoms with E-state index in [1.807, 2.05) is 0 Å². The van der Waals surface area contributed by atoms with Crippen LogP contribution < -0.4 is 0 Å². The molecule has 1 N–H and O–H groups in total. The highest BCUT2D eigenvalue weighted by atomic mass is 28.4. The molecule has 4 rings (SSSR count). The van der Waals surface area contributed by atoms with Crippen LogP contribution in [0.4, 0.5) is 0 Å². The quantitative estimate of drug-likeness (QED) is 0.316. The van der Waals surface area contributed by atoms with Gasteiger partial charge in [0.15, 0.2) is 8.32 Å². The summed E-state index contributed by atoms with van der Waals surface area (Å²) in [6.07, 6.45) is 9.87. The molecular weight excluding hydrogens is 452 g/mol. The summed E-state index contributed by atoms with van der Waals surface area (Å²) < 4.78 is 12.3. The second-order valence-electron chi connectivity index (χ2n) is 15.1. The van der Waals surface area contributed by atoms with Crippen molar-refractivity contribution < 1.29 is 19.1 Å². The standard InChI is InChI=1S/C30H54O4Si/c1-19(18-33-20(2)31)25-17-26(32)27-23-11-10-21-16-22(34-35(8,9)28(3,4)5)12-14-29(21,6)24(23)13-15-30(25,27)7/h19,21-27,32H,10-18H2,1-9H3/t19-,21-,22-,23+,24-,25+,26-,27+,29-,30+/m0/s1. The molecule has 0 aromatic heterocycles. The van der Waals surface area contributed by atoms with E-state index in [0.29, 0.717) is 41.8 Å². The number of fused-ring (bicyclic) bond motifs is 5. The second kappa shape index (κ2) is 9.41. The zero-order chi connectivity index (χ0) is 26.0. The van der Waals surface area contributed by atoms with E-state index in [-0.39, 0.29) is 22.5 Å². The predicted molar refractivity (Wildman–Crippen MR) is 144 cm³/mol. The maximum Gasteiger partial charge on any atom is 0.302 e. The molecule has 0 amide bonds. The highest BCUT2D eigenvalue weighted by Gasteiger charge is 2.63. The maximum absolute atomic E-state index is 11.4. The molecule has 4 aliphatic carbocycles. The van der Waals surface area contributed by atoms with Gasteiger partial charge in [0, 0.05) is 13.0 Å². The van der Waals surface area contributed by atoms with Gasteiger partial charge in [0.25, 0.3) is 0 Å². The van der Waals surface area contributed by atoms with E-state index in [0.717, 1.165) is 18.3 Å². The molecule has 0 radical (unpaired) electrons. The van der Waals surface area contributed by atoms with Crippen molar-refractivity contribution in [2.45, 2.75) is 130 Å². The average Bonchev–Trinajstić information content (AvgIpc) is 3.02. The summed E-state index contributed by atoms with van der Waals surface area (Å²) in [5.41, 5.74) is 0.546. The SMILES string of the molecule is CC(=O)OC[C@H](C)[C@H]1C[C@H](O)[C@H]2[C@@H]3CC[C@H]4C[C@@H](O[Si](C)(C)C(C)(C)C)CC[C@]4(C)[C@H]3CC[C@@]21C. The Morgan fingerprint density at radius 1 is 1.06 bits per heavy atom. The Morgan fingerprint density at radius 3 is 2.34 bits per heavy atom. The highest BCUT2D eigenvalue weighted by molar-refractivity contribution is 6.74.